The van der Waals surface area contributed by atoms with Gasteiger partial charge in [-0.3, -0.25) is 9.78 Å². The first kappa shape index (κ1) is 25.7. The van der Waals surface area contributed by atoms with Crippen LogP contribution in [0.15, 0.2) is 48.2 Å². The average Bonchev–Trinajstić information content (AvgIpc) is 2.59. The number of carbonyl (C=O) groups is 1. The minimum Gasteiger partial charge on any atom is -0.512 e. The number of pyridine rings is 1. The second kappa shape index (κ2) is 11.2. The van der Waals surface area contributed by atoms with E-state index in [4.69, 9.17) is 10.1 Å². The maximum Gasteiger partial charge on any atom is 0.155 e. The van der Waals surface area contributed by atoms with Crippen molar-refractivity contribution in [1.29, 1.82) is 0 Å². The summed E-state index contributed by atoms with van der Waals surface area (Å²) in [7, 11) is 0. The van der Waals surface area contributed by atoms with Gasteiger partial charge in [0.15, 0.2) is 5.78 Å². The van der Waals surface area contributed by atoms with E-state index < -0.39 is 0 Å². The van der Waals surface area contributed by atoms with Gasteiger partial charge in [0, 0.05) is 31.6 Å². The Labute approximate surface area is 193 Å². The van der Waals surface area contributed by atoms with Crippen LogP contribution in [-0.4, -0.2) is 15.9 Å². The Morgan fingerprint density at radius 3 is 2.27 bits per heavy atom. The van der Waals surface area contributed by atoms with Crippen LogP contribution in [0.5, 0.6) is 0 Å². The summed E-state index contributed by atoms with van der Waals surface area (Å²) in [5.74, 6) is 0.441. The molecule has 3 aromatic rings. The molecule has 3 nitrogen and oxygen atoms in total. The predicted molar refractivity (Wildman–Crippen MR) is 121 cm³/mol. The van der Waals surface area contributed by atoms with E-state index >= 15 is 0 Å². The number of aliphatic hydroxyl groups is 1. The van der Waals surface area contributed by atoms with Gasteiger partial charge in [0.1, 0.15) is 0 Å². The van der Waals surface area contributed by atoms with Crippen molar-refractivity contribution in [2.75, 3.05) is 0 Å². The second-order valence-electron chi connectivity index (χ2n) is 7.87. The minimum atomic E-state index is -0.125. The normalized spacial score (nSPS) is 11.0. The van der Waals surface area contributed by atoms with Crippen molar-refractivity contribution in [2.45, 2.75) is 54.4 Å². The third kappa shape index (κ3) is 6.90. The number of fused-ring (bicyclic) bond motifs is 1. The van der Waals surface area contributed by atoms with E-state index in [0.717, 1.165) is 22.3 Å². The first-order valence-electron chi connectivity index (χ1n) is 9.87. The molecule has 4 heteroatoms. The molecule has 0 fully saturated rings. The van der Waals surface area contributed by atoms with Crippen LogP contribution in [0.4, 0.5) is 0 Å². The topological polar surface area (TPSA) is 50.2 Å². The summed E-state index contributed by atoms with van der Waals surface area (Å²) in [6, 6.07) is 16.5. The van der Waals surface area contributed by atoms with Gasteiger partial charge in [-0.2, -0.15) is 0 Å². The molecular formula is C26H30IrNO2-. The summed E-state index contributed by atoms with van der Waals surface area (Å²) in [6.07, 6.45) is 1.17. The molecule has 1 radical (unpaired) electrons. The number of benzene rings is 2. The van der Waals surface area contributed by atoms with Crippen LogP contribution in [0.25, 0.3) is 22.2 Å². The molecule has 0 spiro atoms. The number of hydrogen-bond acceptors (Lipinski definition) is 3. The first-order valence-corrected chi connectivity index (χ1v) is 9.87. The quantitative estimate of drug-likeness (QED) is 0.211. The summed E-state index contributed by atoms with van der Waals surface area (Å²) >= 11 is 0. The molecule has 30 heavy (non-hydrogen) atoms. The van der Waals surface area contributed by atoms with E-state index in [1.54, 1.807) is 0 Å². The summed E-state index contributed by atoms with van der Waals surface area (Å²) in [6.45, 7) is 13.7. The molecule has 2 aromatic carbocycles. The molecule has 0 aliphatic heterocycles. The van der Waals surface area contributed by atoms with E-state index in [1.165, 1.54) is 42.0 Å². The van der Waals surface area contributed by atoms with Gasteiger partial charge in [-0.1, -0.05) is 51.5 Å². The third-order valence-electron chi connectivity index (χ3n) is 4.52. The molecule has 1 N–H and O–H groups in total. The Morgan fingerprint density at radius 2 is 1.77 bits per heavy atom. The molecule has 0 aliphatic carbocycles. The van der Waals surface area contributed by atoms with E-state index in [1.807, 2.05) is 0 Å². The van der Waals surface area contributed by atoms with Crippen molar-refractivity contribution in [1.82, 2.24) is 4.98 Å². The molecule has 0 bridgehead atoms. The Kier molecular flexibility index (Phi) is 9.61. The van der Waals surface area contributed by atoms with Gasteiger partial charge in [-0.05, 0) is 44.0 Å². The van der Waals surface area contributed by atoms with Gasteiger partial charge in [-0.15, -0.1) is 34.9 Å². The molecule has 0 saturated heterocycles. The van der Waals surface area contributed by atoms with Gasteiger partial charge < -0.3 is 5.11 Å². The Balaban J connectivity index is 0.000000489. The largest absolute Gasteiger partial charge is 0.512 e. The van der Waals surface area contributed by atoms with Crippen LogP contribution in [0.3, 0.4) is 0 Å². The fourth-order valence-corrected chi connectivity index (χ4v) is 3.41. The number of aliphatic hydroxyl groups excluding tert-OH is 1. The van der Waals surface area contributed by atoms with Gasteiger partial charge >= 0.3 is 0 Å². The number of rotatable bonds is 3. The van der Waals surface area contributed by atoms with E-state index in [2.05, 4.69) is 77.1 Å². The molecule has 3 rings (SSSR count). The van der Waals surface area contributed by atoms with E-state index in [-0.39, 0.29) is 31.6 Å². The van der Waals surface area contributed by atoms with E-state index in [0.29, 0.717) is 5.92 Å². The van der Waals surface area contributed by atoms with Gasteiger partial charge in [0.2, 0.25) is 0 Å². The molecule has 1 aromatic heterocycles. The smallest absolute Gasteiger partial charge is 0.155 e. The summed E-state index contributed by atoms with van der Waals surface area (Å²) in [5, 5.41) is 9.63. The maximum atomic E-state index is 10.0. The zero-order valence-corrected chi connectivity index (χ0v) is 21.1. The SMILES string of the molecule is CC(=O)/C=C(/C)O.Cc1[c-]c(-c2nc3cccc(C(C)C)c3cc2C)cc(C)c1.[Ir]. The van der Waals surface area contributed by atoms with Crippen LogP contribution < -0.4 is 0 Å². The number of aromatic nitrogens is 1. The number of carbonyl (C=O) groups excluding carboxylic acids is 1. The fraction of sp³-hybridized carbons (Fsp3) is 0.308. The summed E-state index contributed by atoms with van der Waals surface area (Å²) < 4.78 is 0. The molecule has 0 atom stereocenters. The van der Waals surface area contributed by atoms with Crippen LogP contribution in [-0.2, 0) is 24.9 Å². The van der Waals surface area contributed by atoms with Crippen LogP contribution in [0.2, 0.25) is 0 Å². The number of ketones is 1. The van der Waals surface area contributed by atoms with Crippen LogP contribution >= 0.6 is 0 Å². The van der Waals surface area contributed by atoms with Crippen LogP contribution in [0, 0.1) is 26.8 Å². The molecular weight excluding hydrogens is 551 g/mol. The second-order valence-corrected chi connectivity index (χ2v) is 7.87. The number of nitrogens with zero attached hydrogens (tertiary/aromatic N) is 1. The number of hydrogen-bond donors (Lipinski definition) is 1. The fourth-order valence-electron chi connectivity index (χ4n) is 3.41. The van der Waals surface area contributed by atoms with Gasteiger partial charge in [-0.25, -0.2) is 0 Å². The van der Waals surface area contributed by atoms with Crippen molar-refractivity contribution in [3.8, 4) is 11.3 Å². The molecule has 1 heterocycles. The summed E-state index contributed by atoms with van der Waals surface area (Å²) in [4.78, 5) is 15.0. The third-order valence-corrected chi connectivity index (χ3v) is 4.52. The number of aryl methyl sites for hydroxylation is 3. The standard InChI is InChI=1S/C21H22N.C5H8O2.Ir/c1-13(2)18-7-6-8-20-19(18)12-16(5)21(22-20)17-10-14(3)9-15(4)11-17;1-4(6)3-5(2)7;/h6-10,12-13H,1-5H3;3,6H,1-2H3;/q-1;;/b;4-3-;. The van der Waals surface area contributed by atoms with Crippen LogP contribution in [0.1, 0.15) is 55.9 Å². The minimum absolute atomic E-state index is 0. The zero-order chi connectivity index (χ0) is 21.7. The monoisotopic (exact) mass is 581 g/mol. The van der Waals surface area contributed by atoms with Crippen molar-refractivity contribution < 1.29 is 30.0 Å². The molecule has 161 valence electrons. The molecule has 0 aliphatic rings. The molecule has 0 saturated carbocycles. The Morgan fingerprint density at radius 1 is 1.10 bits per heavy atom. The van der Waals surface area contributed by atoms with Crippen molar-refractivity contribution in [2.24, 2.45) is 0 Å². The average molecular weight is 581 g/mol. The molecule has 0 unspecified atom stereocenters. The Bertz CT molecular complexity index is 1040. The molecule has 0 amide bonds. The van der Waals surface area contributed by atoms with Gasteiger partial charge in [0.25, 0.3) is 0 Å². The zero-order valence-electron chi connectivity index (χ0n) is 18.8. The van der Waals surface area contributed by atoms with Gasteiger partial charge in [0.05, 0.1) is 11.3 Å². The Hall–Kier alpha value is -2.29. The van der Waals surface area contributed by atoms with E-state index in [9.17, 15) is 4.79 Å². The van der Waals surface area contributed by atoms with Crippen molar-refractivity contribution in [3.63, 3.8) is 0 Å². The first-order chi connectivity index (χ1) is 13.6. The number of allylic oxidation sites excluding steroid dienone is 2. The van der Waals surface area contributed by atoms with Crippen molar-refractivity contribution in [3.05, 3.63) is 76.6 Å². The predicted octanol–water partition coefficient (Wildman–Crippen LogP) is 6.79. The summed E-state index contributed by atoms with van der Waals surface area (Å²) in [5.41, 5.74) is 8.19. The van der Waals surface area contributed by atoms with Crippen molar-refractivity contribution >= 4 is 16.7 Å². The maximum absolute atomic E-state index is 10.0.